The maximum atomic E-state index is 12.3. The van der Waals surface area contributed by atoms with E-state index in [1.807, 2.05) is 30.3 Å². The highest BCUT2D eigenvalue weighted by Gasteiger charge is 2.12. The SMILES string of the molecule is CNC(=O)c1ccc(CN(C)C(=O)/C=C/c2ccc(C(C)(C)C)cc2)cc1. The molecule has 0 saturated carbocycles. The molecular weight excluding hydrogens is 336 g/mol. The number of hydrogen-bond donors (Lipinski definition) is 1. The van der Waals surface area contributed by atoms with Crippen LogP contribution in [0.5, 0.6) is 0 Å². The van der Waals surface area contributed by atoms with Gasteiger partial charge >= 0.3 is 0 Å². The summed E-state index contributed by atoms with van der Waals surface area (Å²) < 4.78 is 0. The number of nitrogens with one attached hydrogen (secondary N) is 1. The largest absolute Gasteiger partial charge is 0.355 e. The Hall–Kier alpha value is -2.88. The van der Waals surface area contributed by atoms with Gasteiger partial charge in [-0.3, -0.25) is 9.59 Å². The van der Waals surface area contributed by atoms with Crippen LogP contribution in [0.1, 0.15) is 47.8 Å². The smallest absolute Gasteiger partial charge is 0.251 e. The minimum absolute atomic E-state index is 0.0646. The Balaban J connectivity index is 1.96. The molecule has 0 radical (unpaired) electrons. The number of likely N-dealkylation sites (N-methyl/N-ethyl adjacent to an activating group) is 1. The average Bonchev–Trinajstić information content (AvgIpc) is 2.65. The van der Waals surface area contributed by atoms with E-state index < -0.39 is 0 Å². The van der Waals surface area contributed by atoms with E-state index in [2.05, 4.69) is 38.2 Å². The third kappa shape index (κ3) is 5.81. The van der Waals surface area contributed by atoms with Gasteiger partial charge < -0.3 is 10.2 Å². The summed E-state index contributed by atoms with van der Waals surface area (Å²) in [4.78, 5) is 25.6. The molecule has 27 heavy (non-hydrogen) atoms. The van der Waals surface area contributed by atoms with E-state index in [1.165, 1.54) is 5.56 Å². The van der Waals surface area contributed by atoms with Crippen LogP contribution >= 0.6 is 0 Å². The van der Waals surface area contributed by atoms with Gasteiger partial charge in [0, 0.05) is 32.3 Å². The third-order valence-corrected chi connectivity index (χ3v) is 4.43. The molecule has 0 aliphatic carbocycles. The van der Waals surface area contributed by atoms with Crippen molar-refractivity contribution in [2.24, 2.45) is 0 Å². The molecule has 0 unspecified atom stereocenters. The average molecular weight is 364 g/mol. The standard InChI is InChI=1S/C23H28N2O2/c1-23(2,3)20-13-8-17(9-14-20)10-15-21(26)25(5)16-18-6-11-19(12-7-18)22(27)24-4/h6-15H,16H2,1-5H3,(H,24,27)/b15-10+. The monoisotopic (exact) mass is 364 g/mol. The normalized spacial score (nSPS) is 11.4. The first kappa shape index (κ1) is 20.4. The maximum absolute atomic E-state index is 12.3. The van der Waals surface area contributed by atoms with Crippen LogP contribution in [0.2, 0.25) is 0 Å². The van der Waals surface area contributed by atoms with Crippen LogP contribution < -0.4 is 5.32 Å². The predicted molar refractivity (Wildman–Crippen MR) is 110 cm³/mol. The molecule has 1 N–H and O–H groups in total. The Labute approximate surface area is 161 Å². The van der Waals surface area contributed by atoms with Crippen LogP contribution in [0.4, 0.5) is 0 Å². The quantitative estimate of drug-likeness (QED) is 0.815. The summed E-state index contributed by atoms with van der Waals surface area (Å²) in [5.41, 5.74) is 3.96. The van der Waals surface area contributed by atoms with Crippen molar-refractivity contribution in [1.82, 2.24) is 10.2 Å². The molecule has 2 aromatic rings. The summed E-state index contributed by atoms with van der Waals surface area (Å²) in [6, 6.07) is 15.5. The molecule has 4 heteroatoms. The van der Waals surface area contributed by atoms with Gasteiger partial charge in [0.1, 0.15) is 0 Å². The molecule has 2 rings (SSSR count). The Kier molecular flexibility index (Phi) is 6.56. The lowest BCUT2D eigenvalue weighted by Crippen LogP contribution is -2.24. The van der Waals surface area contributed by atoms with Crippen molar-refractivity contribution in [2.45, 2.75) is 32.7 Å². The summed E-state index contributed by atoms with van der Waals surface area (Å²) >= 11 is 0. The molecule has 0 fully saturated rings. The molecule has 0 bridgehead atoms. The molecule has 2 aromatic carbocycles. The Morgan fingerprint density at radius 2 is 1.59 bits per heavy atom. The van der Waals surface area contributed by atoms with Gasteiger partial charge in [0.05, 0.1) is 0 Å². The fourth-order valence-electron chi connectivity index (χ4n) is 2.65. The van der Waals surface area contributed by atoms with E-state index in [1.54, 1.807) is 37.2 Å². The third-order valence-electron chi connectivity index (χ3n) is 4.43. The van der Waals surface area contributed by atoms with Gasteiger partial charge in [-0.25, -0.2) is 0 Å². The van der Waals surface area contributed by atoms with Crippen LogP contribution in [-0.2, 0) is 16.8 Å². The molecule has 0 aliphatic heterocycles. The highest BCUT2D eigenvalue weighted by Crippen LogP contribution is 2.22. The van der Waals surface area contributed by atoms with Crippen molar-refractivity contribution in [3.8, 4) is 0 Å². The molecule has 0 aliphatic rings. The second-order valence-corrected chi connectivity index (χ2v) is 7.68. The maximum Gasteiger partial charge on any atom is 0.251 e. The lowest BCUT2D eigenvalue weighted by Gasteiger charge is -2.18. The number of rotatable bonds is 5. The second-order valence-electron chi connectivity index (χ2n) is 7.68. The second kappa shape index (κ2) is 8.67. The zero-order valence-corrected chi connectivity index (χ0v) is 16.7. The first-order chi connectivity index (χ1) is 12.7. The molecule has 0 aromatic heterocycles. The van der Waals surface area contributed by atoms with Crippen LogP contribution in [0.3, 0.4) is 0 Å². The van der Waals surface area contributed by atoms with Crippen LogP contribution in [-0.4, -0.2) is 30.8 Å². The lowest BCUT2D eigenvalue weighted by molar-refractivity contribution is -0.125. The van der Waals surface area contributed by atoms with E-state index in [9.17, 15) is 9.59 Å². The van der Waals surface area contributed by atoms with E-state index in [-0.39, 0.29) is 17.2 Å². The van der Waals surface area contributed by atoms with Crippen molar-refractivity contribution in [1.29, 1.82) is 0 Å². The number of nitrogens with zero attached hydrogens (tertiary/aromatic N) is 1. The number of carbonyl (C=O) groups excluding carboxylic acids is 2. The van der Waals surface area contributed by atoms with Crippen LogP contribution in [0, 0.1) is 0 Å². The van der Waals surface area contributed by atoms with Crippen molar-refractivity contribution in [2.75, 3.05) is 14.1 Å². The number of benzene rings is 2. The summed E-state index contributed by atoms with van der Waals surface area (Å²) in [7, 11) is 3.37. The molecule has 0 spiro atoms. The molecule has 0 atom stereocenters. The van der Waals surface area contributed by atoms with E-state index in [0.29, 0.717) is 12.1 Å². The van der Waals surface area contributed by atoms with Gasteiger partial charge in [-0.1, -0.05) is 57.2 Å². The van der Waals surface area contributed by atoms with E-state index >= 15 is 0 Å². The topological polar surface area (TPSA) is 49.4 Å². The fourth-order valence-corrected chi connectivity index (χ4v) is 2.65. The molecule has 142 valence electrons. The molecule has 4 nitrogen and oxygen atoms in total. The Morgan fingerprint density at radius 1 is 1.00 bits per heavy atom. The summed E-state index contributed by atoms with van der Waals surface area (Å²) in [6.45, 7) is 7.02. The van der Waals surface area contributed by atoms with Crippen molar-refractivity contribution >= 4 is 17.9 Å². The van der Waals surface area contributed by atoms with E-state index in [4.69, 9.17) is 0 Å². The van der Waals surface area contributed by atoms with E-state index in [0.717, 1.165) is 11.1 Å². The first-order valence-corrected chi connectivity index (χ1v) is 9.05. The van der Waals surface area contributed by atoms with Gasteiger partial charge in [0.2, 0.25) is 5.91 Å². The number of carbonyl (C=O) groups is 2. The molecule has 2 amide bonds. The van der Waals surface area contributed by atoms with Gasteiger partial charge in [-0.05, 0) is 40.3 Å². The van der Waals surface area contributed by atoms with Gasteiger partial charge in [-0.2, -0.15) is 0 Å². The molecular formula is C23H28N2O2. The molecule has 0 saturated heterocycles. The summed E-state index contributed by atoms with van der Waals surface area (Å²) in [5, 5.41) is 2.59. The van der Waals surface area contributed by atoms with Crippen molar-refractivity contribution in [3.63, 3.8) is 0 Å². The zero-order chi connectivity index (χ0) is 20.0. The Bertz CT molecular complexity index is 813. The minimum atomic E-state index is -0.119. The lowest BCUT2D eigenvalue weighted by atomic mass is 9.87. The number of amides is 2. The highest BCUT2D eigenvalue weighted by atomic mass is 16.2. The van der Waals surface area contributed by atoms with Gasteiger partial charge in [0.15, 0.2) is 0 Å². The molecule has 0 heterocycles. The Morgan fingerprint density at radius 3 is 2.11 bits per heavy atom. The number of hydrogen-bond acceptors (Lipinski definition) is 2. The first-order valence-electron chi connectivity index (χ1n) is 9.05. The minimum Gasteiger partial charge on any atom is -0.355 e. The highest BCUT2D eigenvalue weighted by molar-refractivity contribution is 5.94. The fraction of sp³-hybridized carbons (Fsp3) is 0.304. The summed E-state index contributed by atoms with van der Waals surface area (Å²) in [6.07, 6.45) is 3.42. The van der Waals surface area contributed by atoms with Crippen LogP contribution in [0.25, 0.3) is 6.08 Å². The van der Waals surface area contributed by atoms with Crippen molar-refractivity contribution in [3.05, 3.63) is 76.9 Å². The predicted octanol–water partition coefficient (Wildman–Crippen LogP) is 4.02. The zero-order valence-electron chi connectivity index (χ0n) is 16.7. The van der Waals surface area contributed by atoms with Gasteiger partial charge in [-0.15, -0.1) is 0 Å². The summed E-state index contributed by atoms with van der Waals surface area (Å²) in [5.74, 6) is -0.184. The van der Waals surface area contributed by atoms with Crippen LogP contribution in [0.15, 0.2) is 54.6 Å². The van der Waals surface area contributed by atoms with Gasteiger partial charge in [0.25, 0.3) is 5.91 Å². The van der Waals surface area contributed by atoms with Crippen molar-refractivity contribution < 1.29 is 9.59 Å².